The molecule has 0 aliphatic carbocycles. The Bertz CT molecular complexity index is 1390. The van der Waals surface area contributed by atoms with Gasteiger partial charge >= 0.3 is 0 Å². The number of piperidine rings is 1. The van der Waals surface area contributed by atoms with Gasteiger partial charge in [0.2, 0.25) is 29.7 Å². The zero-order valence-corrected chi connectivity index (χ0v) is 25.3. The lowest BCUT2D eigenvalue weighted by Gasteiger charge is -2.30. The molecule has 3 fully saturated rings. The minimum absolute atomic E-state index is 0.0883. The van der Waals surface area contributed by atoms with E-state index >= 15 is 0 Å². The molecule has 15 nitrogen and oxygen atoms in total. The summed E-state index contributed by atoms with van der Waals surface area (Å²) in [5.41, 5.74) is 1.12. The van der Waals surface area contributed by atoms with Crippen molar-refractivity contribution >= 4 is 47.2 Å². The minimum Gasteiger partial charge on any atom is -0.384 e. The van der Waals surface area contributed by atoms with Gasteiger partial charge in [-0.3, -0.25) is 29.4 Å². The fourth-order valence-electron chi connectivity index (χ4n) is 5.93. The summed E-state index contributed by atoms with van der Waals surface area (Å²) in [4.78, 5) is 69.6. The van der Waals surface area contributed by atoms with E-state index < -0.39 is 29.7 Å². The average Bonchev–Trinajstić information content (AvgIpc) is 3.32. The molecule has 15 heteroatoms. The van der Waals surface area contributed by atoms with Crippen molar-refractivity contribution in [3.63, 3.8) is 0 Å². The number of nitrogens with one attached hydrogen (secondary N) is 3. The summed E-state index contributed by atoms with van der Waals surface area (Å²) in [6.45, 7) is 6.93. The van der Waals surface area contributed by atoms with Crippen LogP contribution in [-0.4, -0.2) is 115 Å². The Kier molecular flexibility index (Phi) is 9.64. The van der Waals surface area contributed by atoms with Crippen LogP contribution >= 0.6 is 0 Å². The molecule has 3 N–H and O–H groups in total. The highest BCUT2D eigenvalue weighted by Crippen LogP contribution is 2.32. The molecule has 4 amide bonds. The molecule has 45 heavy (non-hydrogen) atoms. The van der Waals surface area contributed by atoms with E-state index in [2.05, 4.69) is 25.8 Å². The average molecular weight is 622 g/mol. The highest BCUT2D eigenvalue weighted by atomic mass is 16.5. The normalized spacial score (nSPS) is 20.4. The van der Waals surface area contributed by atoms with Gasteiger partial charge in [-0.2, -0.15) is 15.0 Å². The van der Waals surface area contributed by atoms with Gasteiger partial charge in [0.25, 0.3) is 11.8 Å². The van der Waals surface area contributed by atoms with Crippen LogP contribution in [0, 0.1) is 0 Å². The fraction of sp³-hybridized carbons (Fsp3) is 0.567. The standard InChI is InChI=1S/C30H39N9O6/c40-23-9-8-22(25(41)33-23)39-26(42)20-6-5-7-21(24(20)27(39)43)31-10-3-1-2-4-11-32-28-34-29(37-12-16-44-17-13-37)36-30(35-28)38-14-18-45-19-15-38/h5-7,22,31H,1-4,8-19H2,(H,33,40,41)(H,32,34,35,36). The van der Waals surface area contributed by atoms with Gasteiger partial charge in [-0.15, -0.1) is 0 Å². The van der Waals surface area contributed by atoms with Crippen LogP contribution in [0.1, 0.15) is 59.2 Å². The number of carbonyl (C=O) groups excluding carboxylic acids is 4. The van der Waals surface area contributed by atoms with E-state index in [1.807, 2.05) is 0 Å². The molecular formula is C30H39N9O6. The molecule has 4 aliphatic heterocycles. The van der Waals surface area contributed by atoms with Gasteiger partial charge < -0.3 is 29.9 Å². The lowest BCUT2D eigenvalue weighted by atomic mass is 10.0. The third kappa shape index (κ3) is 6.99. The lowest BCUT2D eigenvalue weighted by molar-refractivity contribution is -0.136. The molecule has 0 radical (unpaired) electrons. The lowest BCUT2D eigenvalue weighted by Crippen LogP contribution is -2.54. The number of nitrogens with zero attached hydrogens (tertiary/aromatic N) is 6. The van der Waals surface area contributed by atoms with E-state index in [0.717, 1.165) is 63.3 Å². The second-order valence-corrected chi connectivity index (χ2v) is 11.4. The van der Waals surface area contributed by atoms with Crippen molar-refractivity contribution in [3.05, 3.63) is 29.3 Å². The van der Waals surface area contributed by atoms with Crippen molar-refractivity contribution in [1.82, 2.24) is 25.2 Å². The Morgan fingerprint density at radius 3 is 2.02 bits per heavy atom. The van der Waals surface area contributed by atoms with Crippen molar-refractivity contribution in [3.8, 4) is 0 Å². The topological polar surface area (TPSA) is 171 Å². The van der Waals surface area contributed by atoms with E-state index in [9.17, 15) is 19.2 Å². The number of unbranched alkanes of at least 4 members (excludes halogenated alkanes) is 3. The summed E-state index contributed by atoms with van der Waals surface area (Å²) in [7, 11) is 0. The number of hydrogen-bond donors (Lipinski definition) is 3. The molecule has 0 spiro atoms. The summed E-state index contributed by atoms with van der Waals surface area (Å²) in [6, 6.07) is 4.11. The number of morpholine rings is 2. The fourth-order valence-corrected chi connectivity index (χ4v) is 5.93. The highest BCUT2D eigenvalue weighted by molar-refractivity contribution is 6.25. The van der Waals surface area contributed by atoms with E-state index in [0.29, 0.717) is 56.5 Å². The molecular weight excluding hydrogens is 582 g/mol. The third-order valence-electron chi connectivity index (χ3n) is 8.37. The van der Waals surface area contributed by atoms with Crippen LogP contribution in [0.5, 0.6) is 0 Å². The van der Waals surface area contributed by atoms with Crippen molar-refractivity contribution in [1.29, 1.82) is 0 Å². The van der Waals surface area contributed by atoms with Gasteiger partial charge in [0.15, 0.2) is 0 Å². The largest absolute Gasteiger partial charge is 0.384 e. The van der Waals surface area contributed by atoms with Crippen LogP contribution in [0.2, 0.25) is 0 Å². The SMILES string of the molecule is O=C1CCC(N2C(=O)c3cccc(NCCCCCCNc4nc(N5CCOCC5)nc(N5CCOCC5)n4)c3C2=O)C(=O)N1. The van der Waals surface area contributed by atoms with Gasteiger partial charge in [0.05, 0.1) is 37.6 Å². The van der Waals surface area contributed by atoms with Gasteiger partial charge in [-0.05, 0) is 31.4 Å². The first-order valence-corrected chi connectivity index (χ1v) is 15.7. The van der Waals surface area contributed by atoms with Crippen LogP contribution in [0.15, 0.2) is 18.2 Å². The Labute approximate surface area is 261 Å². The number of imide groups is 2. The molecule has 1 aromatic heterocycles. The zero-order valence-electron chi connectivity index (χ0n) is 25.3. The van der Waals surface area contributed by atoms with Crippen molar-refractivity contribution in [2.24, 2.45) is 0 Å². The summed E-state index contributed by atoms with van der Waals surface area (Å²) < 4.78 is 11.0. The summed E-state index contributed by atoms with van der Waals surface area (Å²) in [5, 5.41) is 8.91. The minimum atomic E-state index is -0.981. The maximum atomic E-state index is 13.3. The molecule has 1 unspecified atom stereocenters. The first-order valence-electron chi connectivity index (χ1n) is 15.7. The Morgan fingerprint density at radius 1 is 0.778 bits per heavy atom. The highest BCUT2D eigenvalue weighted by Gasteiger charge is 2.45. The Balaban J connectivity index is 0.969. The van der Waals surface area contributed by atoms with Gasteiger partial charge in [-0.25, -0.2) is 0 Å². The number of carbonyl (C=O) groups is 4. The van der Waals surface area contributed by atoms with Crippen LogP contribution in [0.25, 0.3) is 0 Å². The predicted octanol–water partition coefficient (Wildman–Crippen LogP) is 1.03. The Hall–Kier alpha value is -4.37. The second kappa shape index (κ2) is 14.2. The molecule has 240 valence electrons. The van der Waals surface area contributed by atoms with E-state index in [4.69, 9.17) is 24.4 Å². The predicted molar refractivity (Wildman–Crippen MR) is 164 cm³/mol. The first kappa shape index (κ1) is 30.6. The Morgan fingerprint density at radius 2 is 1.40 bits per heavy atom. The number of ether oxygens (including phenoxy) is 2. The van der Waals surface area contributed by atoms with Crippen LogP contribution in [0.3, 0.4) is 0 Å². The van der Waals surface area contributed by atoms with Gasteiger partial charge in [0.1, 0.15) is 6.04 Å². The maximum absolute atomic E-state index is 13.3. The summed E-state index contributed by atoms with van der Waals surface area (Å²) in [6.07, 6.45) is 3.97. The molecule has 0 saturated carbocycles. The molecule has 0 bridgehead atoms. The third-order valence-corrected chi connectivity index (χ3v) is 8.37. The number of fused-ring (bicyclic) bond motifs is 1. The number of aromatic nitrogens is 3. The van der Waals surface area contributed by atoms with Crippen LogP contribution < -0.4 is 25.8 Å². The van der Waals surface area contributed by atoms with E-state index in [-0.39, 0.29) is 24.0 Å². The molecule has 4 aliphatic rings. The maximum Gasteiger partial charge on any atom is 0.264 e. The quantitative estimate of drug-likeness (QED) is 0.227. The number of hydrogen-bond acceptors (Lipinski definition) is 13. The van der Waals surface area contributed by atoms with Crippen molar-refractivity contribution < 1.29 is 28.7 Å². The van der Waals surface area contributed by atoms with E-state index in [1.165, 1.54) is 0 Å². The molecule has 5 heterocycles. The van der Waals surface area contributed by atoms with E-state index in [1.54, 1.807) is 18.2 Å². The van der Waals surface area contributed by atoms with Crippen LogP contribution in [0.4, 0.5) is 23.5 Å². The number of anilines is 4. The van der Waals surface area contributed by atoms with Crippen LogP contribution in [-0.2, 0) is 19.1 Å². The van der Waals surface area contributed by atoms with Crippen molar-refractivity contribution in [2.75, 3.05) is 86.1 Å². The monoisotopic (exact) mass is 621 g/mol. The molecule has 3 saturated heterocycles. The number of rotatable bonds is 12. The summed E-state index contributed by atoms with van der Waals surface area (Å²) in [5.74, 6) is -0.133. The summed E-state index contributed by atoms with van der Waals surface area (Å²) >= 11 is 0. The second-order valence-electron chi connectivity index (χ2n) is 11.4. The number of benzene rings is 1. The van der Waals surface area contributed by atoms with Crippen molar-refractivity contribution in [2.45, 2.75) is 44.6 Å². The molecule has 1 aromatic carbocycles. The molecule has 1 atom stereocenters. The molecule has 6 rings (SSSR count). The number of amides is 4. The zero-order chi connectivity index (χ0) is 31.2. The molecule has 2 aromatic rings. The smallest absolute Gasteiger partial charge is 0.264 e. The van der Waals surface area contributed by atoms with Gasteiger partial charge in [-0.1, -0.05) is 18.9 Å². The first-order chi connectivity index (χ1) is 22.0. The van der Waals surface area contributed by atoms with Gasteiger partial charge in [0, 0.05) is 51.4 Å².